The number of nitrogens with one attached hydrogen (secondary N) is 1. The number of aromatic hydroxyl groups is 4. The summed E-state index contributed by atoms with van der Waals surface area (Å²) in [5.41, 5.74) is -3.71. The molecule has 5 N–H and O–H groups in total. The average Bonchev–Trinajstić information content (AvgIpc) is 2.44. The van der Waals surface area contributed by atoms with Gasteiger partial charge in [-0.15, -0.1) is 0 Å². The highest BCUT2D eigenvalue weighted by molar-refractivity contribution is 5.47. The van der Waals surface area contributed by atoms with Crippen molar-refractivity contribution >= 4 is 0 Å². The van der Waals surface area contributed by atoms with Crippen LogP contribution in [0.3, 0.4) is 0 Å². The summed E-state index contributed by atoms with van der Waals surface area (Å²) in [6.45, 7) is 0. The highest BCUT2D eigenvalue weighted by Crippen LogP contribution is 2.23. The van der Waals surface area contributed by atoms with Gasteiger partial charge in [-0.05, 0) is 0 Å². The molecule has 2 aromatic carbocycles. The summed E-state index contributed by atoms with van der Waals surface area (Å²) in [4.78, 5) is 38.6. The summed E-state index contributed by atoms with van der Waals surface area (Å²) in [5.74, 6) is -1.63. The zero-order chi connectivity index (χ0) is 18.3. The fraction of sp³-hybridized carbons (Fsp3) is 0. The Kier molecular flexibility index (Phi) is 3.57. The molecule has 10 nitrogen and oxygen atoms in total. The van der Waals surface area contributed by atoms with Crippen LogP contribution in [0.2, 0.25) is 0 Å². The standard InChI is InChI=1S/C15H11N3O7/c19-9-1-7(2-10(20)5-9)17-13(23)16-14(24)18(15(17)25)8-3-11(21)6-12(22)4-8/h1-6,19-22H,(H,16,23,24). The van der Waals surface area contributed by atoms with Crippen LogP contribution in [0, 0.1) is 0 Å². The monoisotopic (exact) mass is 345 g/mol. The highest BCUT2D eigenvalue weighted by atomic mass is 16.3. The molecule has 1 aromatic heterocycles. The van der Waals surface area contributed by atoms with Gasteiger partial charge in [-0.25, -0.2) is 23.5 Å². The Bertz CT molecular complexity index is 1030. The van der Waals surface area contributed by atoms with Gasteiger partial charge in [0, 0.05) is 36.4 Å². The number of hydrogen-bond donors (Lipinski definition) is 5. The number of rotatable bonds is 2. The molecule has 3 aromatic rings. The van der Waals surface area contributed by atoms with E-state index in [1.165, 1.54) is 0 Å². The molecule has 0 saturated heterocycles. The molecule has 128 valence electrons. The summed E-state index contributed by atoms with van der Waals surface area (Å²) >= 11 is 0. The Morgan fingerprint density at radius 2 is 0.920 bits per heavy atom. The molecule has 0 bridgehead atoms. The summed E-state index contributed by atoms with van der Waals surface area (Å²) in [6, 6.07) is 6.12. The van der Waals surface area contributed by atoms with Crippen molar-refractivity contribution in [3.05, 3.63) is 67.9 Å². The molecule has 0 fully saturated rings. The van der Waals surface area contributed by atoms with E-state index in [2.05, 4.69) is 0 Å². The van der Waals surface area contributed by atoms with E-state index < -0.39 is 40.1 Å². The number of H-pyrrole nitrogens is 1. The predicted molar refractivity (Wildman–Crippen MR) is 84.9 cm³/mol. The van der Waals surface area contributed by atoms with Crippen LogP contribution in [0.5, 0.6) is 23.0 Å². The summed E-state index contributed by atoms with van der Waals surface area (Å²) in [6.07, 6.45) is 0. The topological polar surface area (TPSA) is 158 Å². The van der Waals surface area contributed by atoms with E-state index in [-0.39, 0.29) is 11.4 Å². The number of benzene rings is 2. The van der Waals surface area contributed by atoms with Crippen LogP contribution < -0.4 is 17.1 Å². The zero-order valence-corrected chi connectivity index (χ0v) is 12.4. The van der Waals surface area contributed by atoms with Gasteiger partial charge in [0.1, 0.15) is 23.0 Å². The van der Waals surface area contributed by atoms with Crippen LogP contribution >= 0.6 is 0 Å². The lowest BCUT2D eigenvalue weighted by Gasteiger charge is -2.10. The van der Waals surface area contributed by atoms with Crippen LogP contribution in [0.1, 0.15) is 0 Å². The van der Waals surface area contributed by atoms with Crippen LogP contribution in [-0.2, 0) is 0 Å². The number of hydrogen-bond acceptors (Lipinski definition) is 7. The fourth-order valence-corrected chi connectivity index (χ4v) is 2.35. The minimum absolute atomic E-state index is 0.193. The van der Waals surface area contributed by atoms with Crippen LogP contribution in [-0.4, -0.2) is 34.5 Å². The minimum Gasteiger partial charge on any atom is -0.508 e. The first-order valence-electron chi connectivity index (χ1n) is 6.81. The predicted octanol–water partition coefficient (Wildman–Crippen LogP) is -0.501. The second kappa shape index (κ2) is 5.60. The van der Waals surface area contributed by atoms with Gasteiger partial charge >= 0.3 is 17.1 Å². The van der Waals surface area contributed by atoms with Gasteiger partial charge in [0.15, 0.2) is 0 Å². The third kappa shape index (κ3) is 2.83. The first-order valence-corrected chi connectivity index (χ1v) is 6.81. The van der Waals surface area contributed by atoms with Crippen LogP contribution in [0.4, 0.5) is 0 Å². The third-order valence-electron chi connectivity index (χ3n) is 3.29. The third-order valence-corrected chi connectivity index (χ3v) is 3.29. The highest BCUT2D eigenvalue weighted by Gasteiger charge is 2.15. The number of aromatic nitrogens is 3. The van der Waals surface area contributed by atoms with Crippen molar-refractivity contribution < 1.29 is 20.4 Å². The summed E-state index contributed by atoms with van der Waals surface area (Å²) < 4.78 is 1.00. The minimum atomic E-state index is -1.14. The first kappa shape index (κ1) is 15.9. The van der Waals surface area contributed by atoms with E-state index in [0.29, 0.717) is 9.13 Å². The molecule has 0 saturated carbocycles. The van der Waals surface area contributed by atoms with Crippen molar-refractivity contribution in [1.29, 1.82) is 0 Å². The maximum absolute atomic E-state index is 12.6. The lowest BCUT2D eigenvalue weighted by Crippen LogP contribution is -2.47. The largest absolute Gasteiger partial charge is 0.508 e. The van der Waals surface area contributed by atoms with Crippen LogP contribution in [0.25, 0.3) is 11.4 Å². The number of nitrogens with zero attached hydrogens (tertiary/aromatic N) is 2. The average molecular weight is 345 g/mol. The van der Waals surface area contributed by atoms with E-state index >= 15 is 0 Å². The van der Waals surface area contributed by atoms with Gasteiger partial charge in [-0.3, -0.25) is 4.98 Å². The maximum Gasteiger partial charge on any atom is 0.345 e. The second-order valence-corrected chi connectivity index (χ2v) is 5.10. The number of phenols is 4. The number of aromatic amines is 1. The molecule has 10 heteroatoms. The van der Waals surface area contributed by atoms with Gasteiger partial charge < -0.3 is 20.4 Å². The molecule has 0 spiro atoms. The Morgan fingerprint density at radius 1 is 0.600 bits per heavy atom. The maximum atomic E-state index is 12.6. The molecule has 1 heterocycles. The quantitative estimate of drug-likeness (QED) is 0.419. The van der Waals surface area contributed by atoms with Gasteiger partial charge in [0.05, 0.1) is 11.4 Å². The molecule has 0 unspecified atom stereocenters. The molecule has 0 radical (unpaired) electrons. The van der Waals surface area contributed by atoms with Crippen molar-refractivity contribution in [2.75, 3.05) is 0 Å². The molecule has 0 aliphatic rings. The lowest BCUT2D eigenvalue weighted by molar-refractivity contribution is 0.449. The van der Waals surface area contributed by atoms with E-state index in [9.17, 15) is 34.8 Å². The summed E-state index contributed by atoms with van der Waals surface area (Å²) in [5, 5.41) is 38.1. The van der Waals surface area contributed by atoms with E-state index in [1.807, 2.05) is 4.98 Å². The van der Waals surface area contributed by atoms with E-state index in [1.54, 1.807) is 0 Å². The molecular formula is C15H11N3O7. The molecule has 25 heavy (non-hydrogen) atoms. The molecule has 0 aliphatic carbocycles. The smallest absolute Gasteiger partial charge is 0.345 e. The normalized spacial score (nSPS) is 10.7. The molecule has 3 rings (SSSR count). The van der Waals surface area contributed by atoms with Crippen molar-refractivity contribution in [1.82, 2.24) is 14.1 Å². The van der Waals surface area contributed by atoms with Crippen molar-refractivity contribution in [2.24, 2.45) is 0 Å². The van der Waals surface area contributed by atoms with E-state index in [0.717, 1.165) is 36.4 Å². The Hall–Kier alpha value is -3.95. The van der Waals surface area contributed by atoms with Crippen molar-refractivity contribution in [3.8, 4) is 34.4 Å². The zero-order valence-electron chi connectivity index (χ0n) is 12.4. The van der Waals surface area contributed by atoms with Gasteiger partial charge in [0.25, 0.3) is 0 Å². The second-order valence-electron chi connectivity index (χ2n) is 5.10. The SMILES string of the molecule is O=c1[nH]c(=O)n(-c2cc(O)cc(O)c2)c(=O)n1-c1cc(O)cc(O)c1. The number of phenolic OH excluding ortho intramolecular Hbond substituents is 4. The van der Waals surface area contributed by atoms with Crippen LogP contribution in [0.15, 0.2) is 50.8 Å². The van der Waals surface area contributed by atoms with Crippen molar-refractivity contribution in [2.45, 2.75) is 0 Å². The first-order chi connectivity index (χ1) is 11.8. The van der Waals surface area contributed by atoms with Gasteiger partial charge in [-0.1, -0.05) is 0 Å². The van der Waals surface area contributed by atoms with Crippen molar-refractivity contribution in [3.63, 3.8) is 0 Å². The van der Waals surface area contributed by atoms with Gasteiger partial charge in [0.2, 0.25) is 0 Å². The summed E-state index contributed by atoms with van der Waals surface area (Å²) in [7, 11) is 0. The molecular weight excluding hydrogens is 334 g/mol. The molecule has 0 atom stereocenters. The Labute approximate surface area is 137 Å². The van der Waals surface area contributed by atoms with Gasteiger partial charge in [-0.2, -0.15) is 0 Å². The van der Waals surface area contributed by atoms with E-state index in [4.69, 9.17) is 0 Å². The molecule has 0 aliphatic heterocycles. The Balaban J connectivity index is 2.38. The Morgan fingerprint density at radius 3 is 1.24 bits per heavy atom. The fourth-order valence-electron chi connectivity index (χ4n) is 2.35. The lowest BCUT2D eigenvalue weighted by atomic mass is 10.2. The molecule has 0 amide bonds.